The van der Waals surface area contributed by atoms with Gasteiger partial charge < -0.3 is 9.32 Å². The summed E-state index contributed by atoms with van der Waals surface area (Å²) in [6.45, 7) is 0. The van der Waals surface area contributed by atoms with Crippen molar-refractivity contribution in [2.45, 2.75) is 5.41 Å². The molecule has 0 N–H and O–H groups in total. The molecule has 9 aromatic carbocycles. The number of hydrogen-bond acceptors (Lipinski definition) is 3. The minimum atomic E-state index is -0.450. The minimum absolute atomic E-state index is 0.450. The molecular formula is C59H37NOS. The van der Waals surface area contributed by atoms with Gasteiger partial charge in [-0.3, -0.25) is 0 Å². The molecule has 2 heterocycles. The summed E-state index contributed by atoms with van der Waals surface area (Å²) in [4.78, 5) is 5.09. The van der Waals surface area contributed by atoms with E-state index in [9.17, 15) is 0 Å². The molecule has 0 saturated heterocycles. The van der Waals surface area contributed by atoms with Gasteiger partial charge in [0.05, 0.1) is 22.2 Å². The Morgan fingerprint density at radius 1 is 0.371 bits per heavy atom. The van der Waals surface area contributed by atoms with Crippen LogP contribution in [0.25, 0.3) is 76.9 Å². The van der Waals surface area contributed by atoms with Crippen LogP contribution in [0.3, 0.4) is 0 Å². The predicted octanol–water partition coefficient (Wildman–Crippen LogP) is 16.5. The minimum Gasteiger partial charge on any atom is -0.456 e. The number of thiophene rings is 1. The molecule has 0 fully saturated rings. The lowest BCUT2D eigenvalue weighted by Crippen LogP contribution is -2.24. The topological polar surface area (TPSA) is 16.4 Å². The Bertz CT molecular complexity index is 3480. The molecule has 0 aliphatic heterocycles. The predicted molar refractivity (Wildman–Crippen MR) is 259 cm³/mol. The van der Waals surface area contributed by atoms with Crippen molar-refractivity contribution in [3.8, 4) is 54.9 Å². The first kappa shape index (κ1) is 35.1. The Balaban J connectivity index is 1.12. The summed E-state index contributed by atoms with van der Waals surface area (Å²) in [5.41, 5.74) is 19.9. The van der Waals surface area contributed by atoms with Crippen LogP contribution >= 0.6 is 11.3 Å². The Hall–Kier alpha value is -7.72. The van der Waals surface area contributed by atoms with Gasteiger partial charge in [0.1, 0.15) is 11.2 Å². The molecule has 0 amide bonds. The van der Waals surface area contributed by atoms with Gasteiger partial charge in [-0.15, -0.1) is 11.3 Å². The number of hydrogen-bond donors (Lipinski definition) is 0. The molecule has 0 unspecified atom stereocenters. The quantitative estimate of drug-likeness (QED) is 0.166. The highest BCUT2D eigenvalue weighted by atomic mass is 32.1. The molecule has 2 aliphatic carbocycles. The normalized spacial score (nSPS) is 13.0. The highest BCUT2D eigenvalue weighted by molar-refractivity contribution is 7.17. The molecule has 1 spiro atoms. The van der Waals surface area contributed by atoms with Crippen molar-refractivity contribution in [2.24, 2.45) is 0 Å². The van der Waals surface area contributed by atoms with E-state index in [0.717, 1.165) is 39.0 Å². The van der Waals surface area contributed by atoms with Gasteiger partial charge in [0, 0.05) is 37.5 Å². The van der Waals surface area contributed by atoms with Gasteiger partial charge in [-0.25, -0.2) is 0 Å². The number of anilines is 3. The second kappa shape index (κ2) is 13.7. The van der Waals surface area contributed by atoms with Crippen molar-refractivity contribution >= 4 is 50.3 Å². The van der Waals surface area contributed by atoms with E-state index in [-0.39, 0.29) is 0 Å². The van der Waals surface area contributed by atoms with Gasteiger partial charge in [0.2, 0.25) is 0 Å². The van der Waals surface area contributed by atoms with Crippen LogP contribution in [0.5, 0.6) is 0 Å². The van der Waals surface area contributed by atoms with Crippen LogP contribution in [0.4, 0.5) is 17.1 Å². The smallest absolute Gasteiger partial charge is 0.137 e. The lowest BCUT2D eigenvalue weighted by Gasteiger charge is -2.30. The highest BCUT2D eigenvalue weighted by Gasteiger charge is 2.54. The summed E-state index contributed by atoms with van der Waals surface area (Å²) in [5, 5.41) is 2.19. The van der Waals surface area contributed by atoms with Crippen LogP contribution in [0.1, 0.15) is 21.6 Å². The van der Waals surface area contributed by atoms with E-state index in [1.807, 2.05) is 17.4 Å². The van der Waals surface area contributed by atoms with Gasteiger partial charge in [0.15, 0.2) is 0 Å². The largest absolute Gasteiger partial charge is 0.456 e. The molecular weight excluding hydrogens is 771 g/mol. The molecule has 13 rings (SSSR count). The molecule has 3 heteroatoms. The van der Waals surface area contributed by atoms with Crippen molar-refractivity contribution in [3.63, 3.8) is 0 Å². The SMILES string of the molecule is c1ccc(-c2ccc(N(c3ccccc3-c3sc4c(c3-c3ccccc3)-c3ccccc3C43c4ccccc4-c4ccccc43)c3cccc4oc5ccccc5c34)cc2)cc1. The first-order chi connectivity index (χ1) is 30.8. The van der Waals surface area contributed by atoms with Gasteiger partial charge in [-0.05, 0) is 86.5 Å². The van der Waals surface area contributed by atoms with Crippen LogP contribution in [0.2, 0.25) is 0 Å². The lowest BCUT2D eigenvalue weighted by atomic mass is 9.74. The molecule has 290 valence electrons. The fourth-order valence-electron chi connectivity index (χ4n) is 10.6. The number of furan rings is 1. The van der Waals surface area contributed by atoms with Gasteiger partial charge in [-0.1, -0.05) is 188 Å². The molecule has 2 aliphatic rings. The van der Waals surface area contributed by atoms with Gasteiger partial charge >= 0.3 is 0 Å². The number of nitrogens with zero attached hydrogens (tertiary/aromatic N) is 1. The molecule has 2 aromatic heterocycles. The van der Waals surface area contributed by atoms with E-state index in [2.05, 4.69) is 223 Å². The summed E-state index contributed by atoms with van der Waals surface area (Å²) in [5.74, 6) is 0. The number of rotatable bonds is 6. The monoisotopic (exact) mass is 807 g/mol. The average Bonchev–Trinajstić information content (AvgIpc) is 4.08. The zero-order chi connectivity index (χ0) is 40.8. The Morgan fingerprint density at radius 2 is 0.887 bits per heavy atom. The van der Waals surface area contributed by atoms with Crippen molar-refractivity contribution in [3.05, 3.63) is 246 Å². The summed E-state index contributed by atoms with van der Waals surface area (Å²) in [7, 11) is 0. The van der Waals surface area contributed by atoms with Crippen LogP contribution in [-0.2, 0) is 5.41 Å². The second-order valence-corrected chi connectivity index (χ2v) is 17.3. The molecule has 0 bridgehead atoms. The third kappa shape index (κ3) is 4.91. The van der Waals surface area contributed by atoms with Crippen molar-refractivity contribution in [2.75, 3.05) is 4.90 Å². The van der Waals surface area contributed by atoms with Gasteiger partial charge in [0.25, 0.3) is 0 Å². The van der Waals surface area contributed by atoms with Crippen molar-refractivity contribution < 1.29 is 4.42 Å². The molecule has 2 nitrogen and oxygen atoms in total. The number of fused-ring (bicyclic) bond motifs is 13. The van der Waals surface area contributed by atoms with Crippen LogP contribution in [0.15, 0.2) is 229 Å². The number of benzene rings is 9. The molecule has 0 saturated carbocycles. The van der Waals surface area contributed by atoms with Crippen LogP contribution in [0, 0.1) is 0 Å². The lowest BCUT2D eigenvalue weighted by molar-refractivity contribution is 0.669. The number of para-hydroxylation sites is 2. The molecule has 62 heavy (non-hydrogen) atoms. The maximum atomic E-state index is 6.54. The van der Waals surface area contributed by atoms with Crippen molar-refractivity contribution in [1.82, 2.24) is 0 Å². The molecule has 11 aromatic rings. The fraction of sp³-hybridized carbons (Fsp3) is 0.0169. The van der Waals surface area contributed by atoms with Crippen LogP contribution in [-0.4, -0.2) is 0 Å². The van der Waals surface area contributed by atoms with Crippen molar-refractivity contribution in [1.29, 1.82) is 0 Å². The first-order valence-electron chi connectivity index (χ1n) is 21.3. The Labute approximate surface area is 364 Å². The maximum absolute atomic E-state index is 6.54. The van der Waals surface area contributed by atoms with E-state index >= 15 is 0 Å². The molecule has 0 radical (unpaired) electrons. The first-order valence-corrected chi connectivity index (χ1v) is 22.1. The highest BCUT2D eigenvalue weighted by Crippen LogP contribution is 2.68. The van der Waals surface area contributed by atoms with E-state index in [4.69, 9.17) is 4.42 Å². The zero-order valence-electron chi connectivity index (χ0n) is 33.6. The standard InChI is InChI=1S/C59H37NOS/c1-3-18-38(19-4-1)39-34-36-41(37-35-39)60(51-31-17-33-53-55(51)46-26-11-16-32-52(46)61-53)50-30-15-10-25-45(50)57-54(40-20-5-2-6-21-40)56-44-24-9-14-29-49(44)59(58(56)62-57)47-27-12-7-22-42(47)43-23-8-13-28-48(43)59/h1-37H. The average molecular weight is 808 g/mol. The van der Waals surface area contributed by atoms with Gasteiger partial charge in [-0.2, -0.15) is 0 Å². The van der Waals surface area contributed by atoms with E-state index in [1.165, 1.54) is 76.5 Å². The third-order valence-corrected chi connectivity index (χ3v) is 14.5. The molecule has 0 atom stereocenters. The third-order valence-electron chi connectivity index (χ3n) is 13.1. The van der Waals surface area contributed by atoms with E-state index in [1.54, 1.807) is 0 Å². The Kier molecular flexibility index (Phi) is 7.72. The van der Waals surface area contributed by atoms with E-state index < -0.39 is 5.41 Å². The zero-order valence-corrected chi connectivity index (χ0v) is 34.4. The summed E-state index contributed by atoms with van der Waals surface area (Å²) in [6, 6.07) is 81.9. The summed E-state index contributed by atoms with van der Waals surface area (Å²) >= 11 is 1.96. The maximum Gasteiger partial charge on any atom is 0.137 e. The summed E-state index contributed by atoms with van der Waals surface area (Å²) in [6.07, 6.45) is 0. The second-order valence-electron chi connectivity index (χ2n) is 16.3. The van der Waals surface area contributed by atoms with E-state index in [0.29, 0.717) is 0 Å². The summed E-state index contributed by atoms with van der Waals surface area (Å²) < 4.78 is 6.54. The fourth-order valence-corrected chi connectivity index (χ4v) is 12.2. The van der Waals surface area contributed by atoms with Crippen LogP contribution < -0.4 is 4.90 Å². The Morgan fingerprint density at radius 3 is 1.60 bits per heavy atom.